The standard InChI is InChI=1S/C21H25ClFN5O3/c22-16-7-12(1-4-17(16)23)19(11-29)27-21(31)28-6-5-13-9-24-20(26-18(13)10-28)25-14-2-3-15(30)8-14/h1,4,7,9,14-15,19,29-30H,2-3,5-6,8,10-11H2,(H,27,31)(H,24,25,26)/t14-,15-,19+/m0/s1. The number of hydrogen-bond donors (Lipinski definition) is 4. The number of anilines is 1. The topological polar surface area (TPSA) is 111 Å². The van der Waals surface area contributed by atoms with Gasteiger partial charge >= 0.3 is 6.03 Å². The molecule has 1 aromatic heterocycles. The van der Waals surface area contributed by atoms with Crippen molar-refractivity contribution in [3.8, 4) is 0 Å². The van der Waals surface area contributed by atoms with Crippen molar-refractivity contribution in [1.29, 1.82) is 0 Å². The average molecular weight is 450 g/mol. The van der Waals surface area contributed by atoms with Gasteiger partial charge in [0.1, 0.15) is 5.82 Å². The maximum Gasteiger partial charge on any atom is 0.318 e. The van der Waals surface area contributed by atoms with Crippen molar-refractivity contribution in [3.63, 3.8) is 0 Å². The van der Waals surface area contributed by atoms with E-state index >= 15 is 0 Å². The largest absolute Gasteiger partial charge is 0.394 e. The van der Waals surface area contributed by atoms with Gasteiger partial charge < -0.3 is 25.7 Å². The molecule has 4 N–H and O–H groups in total. The number of benzene rings is 1. The first kappa shape index (κ1) is 21.7. The first-order chi connectivity index (χ1) is 14.9. The molecule has 2 heterocycles. The molecule has 2 amide bonds. The average Bonchev–Trinajstić information content (AvgIpc) is 3.17. The second-order valence-corrected chi connectivity index (χ2v) is 8.41. The minimum atomic E-state index is -0.705. The van der Waals surface area contributed by atoms with Gasteiger partial charge in [0.2, 0.25) is 5.95 Å². The van der Waals surface area contributed by atoms with E-state index in [-0.39, 0.29) is 29.8 Å². The van der Waals surface area contributed by atoms with Gasteiger partial charge in [0.05, 0.1) is 36.0 Å². The van der Waals surface area contributed by atoms with E-state index in [0.29, 0.717) is 37.4 Å². The van der Waals surface area contributed by atoms with Gasteiger partial charge in [0.15, 0.2) is 0 Å². The lowest BCUT2D eigenvalue weighted by molar-refractivity contribution is 0.176. The van der Waals surface area contributed by atoms with E-state index in [1.807, 2.05) is 0 Å². The van der Waals surface area contributed by atoms with Crippen LogP contribution in [0.25, 0.3) is 0 Å². The Morgan fingerprint density at radius 3 is 2.94 bits per heavy atom. The van der Waals surface area contributed by atoms with Crippen LogP contribution < -0.4 is 10.6 Å². The molecular weight excluding hydrogens is 425 g/mol. The maximum absolute atomic E-state index is 13.4. The summed E-state index contributed by atoms with van der Waals surface area (Å²) in [6, 6.07) is 3.18. The van der Waals surface area contributed by atoms with Crippen LogP contribution in [-0.4, -0.2) is 56.4 Å². The Balaban J connectivity index is 1.41. The van der Waals surface area contributed by atoms with Gasteiger partial charge in [-0.2, -0.15) is 0 Å². The first-order valence-corrected chi connectivity index (χ1v) is 10.7. The smallest absolute Gasteiger partial charge is 0.318 e. The molecule has 1 fully saturated rings. The minimum absolute atomic E-state index is 0.0661. The normalized spacial score (nSPS) is 21.5. The molecule has 8 nitrogen and oxygen atoms in total. The van der Waals surface area contributed by atoms with Crippen molar-refractivity contribution in [1.82, 2.24) is 20.2 Å². The number of hydrogen-bond acceptors (Lipinski definition) is 6. The maximum atomic E-state index is 13.4. The number of amides is 2. The lowest BCUT2D eigenvalue weighted by Gasteiger charge is -2.30. The zero-order valence-electron chi connectivity index (χ0n) is 16.9. The number of urea groups is 1. The van der Waals surface area contributed by atoms with Crippen LogP contribution in [0.15, 0.2) is 24.4 Å². The molecule has 0 radical (unpaired) electrons. The Bertz CT molecular complexity index is 963. The van der Waals surface area contributed by atoms with Crippen molar-refractivity contribution in [2.24, 2.45) is 0 Å². The third kappa shape index (κ3) is 5.06. The zero-order valence-corrected chi connectivity index (χ0v) is 17.6. The third-order valence-corrected chi connectivity index (χ3v) is 6.09. The van der Waals surface area contributed by atoms with Crippen molar-refractivity contribution < 1.29 is 19.4 Å². The Labute approximate surface area is 184 Å². The summed E-state index contributed by atoms with van der Waals surface area (Å²) in [5, 5.41) is 25.4. The van der Waals surface area contributed by atoms with Crippen LogP contribution in [0.1, 0.15) is 42.1 Å². The number of rotatable bonds is 5. The predicted molar refractivity (Wildman–Crippen MR) is 113 cm³/mol. The highest BCUT2D eigenvalue weighted by Gasteiger charge is 2.26. The zero-order chi connectivity index (χ0) is 22.0. The van der Waals surface area contributed by atoms with E-state index in [4.69, 9.17) is 11.6 Å². The van der Waals surface area contributed by atoms with Gasteiger partial charge in [-0.1, -0.05) is 17.7 Å². The van der Waals surface area contributed by atoms with E-state index in [9.17, 15) is 19.4 Å². The molecule has 1 saturated carbocycles. The van der Waals surface area contributed by atoms with Crippen LogP contribution in [0.4, 0.5) is 15.1 Å². The molecule has 0 bridgehead atoms. The first-order valence-electron chi connectivity index (χ1n) is 10.3. The second kappa shape index (κ2) is 9.33. The molecule has 2 aliphatic rings. The summed E-state index contributed by atoms with van der Waals surface area (Å²) >= 11 is 5.83. The van der Waals surface area contributed by atoms with Crippen LogP contribution in [0.5, 0.6) is 0 Å². The van der Waals surface area contributed by atoms with Gasteiger partial charge in [-0.05, 0) is 48.9 Å². The number of fused-ring (bicyclic) bond motifs is 1. The van der Waals surface area contributed by atoms with Crippen molar-refractivity contribution >= 4 is 23.6 Å². The minimum Gasteiger partial charge on any atom is -0.394 e. The molecule has 3 atom stereocenters. The van der Waals surface area contributed by atoms with Crippen LogP contribution in [0.3, 0.4) is 0 Å². The summed E-state index contributed by atoms with van der Waals surface area (Å²) in [6.45, 7) is 0.460. The predicted octanol–water partition coefficient (Wildman–Crippen LogP) is 2.40. The molecule has 2 aromatic rings. The van der Waals surface area contributed by atoms with Crippen molar-refractivity contribution in [2.45, 2.75) is 50.4 Å². The fourth-order valence-corrected chi connectivity index (χ4v) is 4.21. The molecule has 10 heteroatoms. The number of aliphatic hydroxyl groups is 2. The summed E-state index contributed by atoms with van der Waals surface area (Å²) in [4.78, 5) is 23.4. The summed E-state index contributed by atoms with van der Waals surface area (Å²) in [5.41, 5.74) is 2.28. The van der Waals surface area contributed by atoms with Crippen LogP contribution in [-0.2, 0) is 13.0 Å². The van der Waals surface area contributed by atoms with Crippen molar-refractivity contribution in [3.05, 3.63) is 52.1 Å². The number of carbonyl (C=O) groups excluding carboxylic acids is 1. The Hall–Kier alpha value is -2.49. The molecule has 0 spiro atoms. The summed E-state index contributed by atoms with van der Waals surface area (Å²) in [7, 11) is 0. The lowest BCUT2D eigenvalue weighted by atomic mass is 10.1. The van der Waals surface area contributed by atoms with Crippen LogP contribution >= 0.6 is 11.6 Å². The van der Waals surface area contributed by atoms with Gasteiger partial charge in [-0.15, -0.1) is 0 Å². The molecule has 31 heavy (non-hydrogen) atoms. The summed E-state index contributed by atoms with van der Waals surface area (Å²) < 4.78 is 13.4. The highest BCUT2D eigenvalue weighted by molar-refractivity contribution is 6.30. The number of halogens is 2. The van der Waals surface area contributed by atoms with Crippen molar-refractivity contribution in [2.75, 3.05) is 18.5 Å². The molecular formula is C21H25ClFN5O3. The molecule has 0 unspecified atom stereocenters. The van der Waals surface area contributed by atoms with Crippen LogP contribution in [0.2, 0.25) is 5.02 Å². The molecule has 1 aliphatic carbocycles. The molecule has 0 saturated heterocycles. The monoisotopic (exact) mass is 449 g/mol. The van der Waals surface area contributed by atoms with E-state index in [1.165, 1.54) is 18.2 Å². The highest BCUT2D eigenvalue weighted by atomic mass is 35.5. The van der Waals surface area contributed by atoms with Gasteiger partial charge in [0.25, 0.3) is 0 Å². The van der Waals surface area contributed by atoms with Crippen LogP contribution in [0, 0.1) is 5.82 Å². The number of nitrogens with zero attached hydrogens (tertiary/aromatic N) is 3. The van der Waals surface area contributed by atoms with Gasteiger partial charge in [-0.3, -0.25) is 0 Å². The summed E-state index contributed by atoms with van der Waals surface area (Å²) in [6.07, 6.45) is 4.42. The number of aliphatic hydroxyl groups excluding tert-OH is 2. The third-order valence-electron chi connectivity index (χ3n) is 5.80. The Morgan fingerprint density at radius 1 is 1.39 bits per heavy atom. The molecule has 166 valence electrons. The molecule has 4 rings (SSSR count). The molecule has 1 aliphatic heterocycles. The van der Waals surface area contributed by atoms with Gasteiger partial charge in [-0.25, -0.2) is 19.2 Å². The van der Waals surface area contributed by atoms with E-state index in [0.717, 1.165) is 24.1 Å². The van der Waals surface area contributed by atoms with E-state index in [2.05, 4.69) is 20.6 Å². The SMILES string of the molecule is O=C(N[C@H](CO)c1ccc(F)c(Cl)c1)N1CCc2cnc(N[C@H]3CC[C@H](O)C3)nc2C1. The fourth-order valence-electron chi connectivity index (χ4n) is 4.02. The van der Waals surface area contributed by atoms with E-state index in [1.54, 1.807) is 11.1 Å². The molecule has 1 aromatic carbocycles. The highest BCUT2D eigenvalue weighted by Crippen LogP contribution is 2.24. The summed E-state index contributed by atoms with van der Waals surface area (Å²) in [5.74, 6) is -0.0634. The Kier molecular flexibility index (Phi) is 6.54. The number of nitrogens with one attached hydrogen (secondary N) is 2. The fraction of sp³-hybridized carbons (Fsp3) is 0.476. The van der Waals surface area contributed by atoms with Gasteiger partial charge in [0, 0.05) is 18.8 Å². The number of aromatic nitrogens is 2. The van der Waals surface area contributed by atoms with E-state index < -0.39 is 11.9 Å². The quantitative estimate of drug-likeness (QED) is 0.558. The second-order valence-electron chi connectivity index (χ2n) is 8.00. The Morgan fingerprint density at radius 2 is 2.23 bits per heavy atom. The number of carbonyl (C=O) groups is 1. The lowest BCUT2D eigenvalue weighted by Crippen LogP contribution is -2.45.